The topological polar surface area (TPSA) is 77.5 Å². The summed E-state index contributed by atoms with van der Waals surface area (Å²) in [6.45, 7) is 3.94. The molecule has 0 aliphatic rings. The average Bonchev–Trinajstić information content (AvgIpc) is 2.59. The van der Waals surface area contributed by atoms with Crippen molar-refractivity contribution in [1.29, 1.82) is 0 Å². The first-order valence-corrected chi connectivity index (χ1v) is 6.99. The van der Waals surface area contributed by atoms with E-state index in [4.69, 9.17) is 5.14 Å². The first-order chi connectivity index (χ1) is 7.95. The molecular formula is C11H15N3O2S. The first-order valence-electron chi connectivity index (χ1n) is 5.45. The quantitative estimate of drug-likeness (QED) is 0.894. The average molecular weight is 253 g/mol. The number of nitrogens with two attached hydrogens (primary N) is 1. The Hall–Kier alpha value is -1.40. The Bertz CT molecular complexity index is 659. The second-order valence-electron chi connectivity index (χ2n) is 4.02. The lowest BCUT2D eigenvalue weighted by molar-refractivity contribution is 0.595. The van der Waals surface area contributed by atoms with Crippen LogP contribution >= 0.6 is 0 Å². The van der Waals surface area contributed by atoms with Crippen LogP contribution in [0.5, 0.6) is 0 Å². The Morgan fingerprint density at radius 3 is 2.71 bits per heavy atom. The molecule has 0 saturated heterocycles. The summed E-state index contributed by atoms with van der Waals surface area (Å²) in [6.07, 6.45) is 1.62. The lowest BCUT2D eigenvalue weighted by Crippen LogP contribution is -2.13. The van der Waals surface area contributed by atoms with Crippen LogP contribution in [-0.4, -0.2) is 17.8 Å². The third-order valence-electron chi connectivity index (χ3n) is 2.64. The van der Waals surface area contributed by atoms with Crippen molar-refractivity contribution in [3.8, 4) is 0 Å². The zero-order valence-electron chi connectivity index (χ0n) is 9.84. The van der Waals surface area contributed by atoms with Gasteiger partial charge in [0, 0.05) is 12.1 Å². The SMILES string of the molecule is CCCc1nc(S(N)(=O)=O)c2cccc(C)n12. The van der Waals surface area contributed by atoms with E-state index in [-0.39, 0.29) is 5.03 Å². The number of imidazole rings is 1. The van der Waals surface area contributed by atoms with Crippen molar-refractivity contribution in [2.75, 3.05) is 0 Å². The minimum atomic E-state index is -3.78. The Labute approximate surface area is 100 Å². The van der Waals surface area contributed by atoms with Crippen molar-refractivity contribution in [1.82, 2.24) is 9.38 Å². The van der Waals surface area contributed by atoms with E-state index in [1.807, 2.05) is 24.3 Å². The van der Waals surface area contributed by atoms with Gasteiger partial charge in [-0.3, -0.25) is 4.40 Å². The van der Waals surface area contributed by atoms with Crippen LogP contribution in [0.3, 0.4) is 0 Å². The van der Waals surface area contributed by atoms with E-state index < -0.39 is 10.0 Å². The van der Waals surface area contributed by atoms with Gasteiger partial charge in [-0.05, 0) is 25.5 Å². The summed E-state index contributed by atoms with van der Waals surface area (Å²) in [6, 6.07) is 5.44. The molecule has 0 unspecified atom stereocenters. The van der Waals surface area contributed by atoms with E-state index in [1.54, 1.807) is 12.1 Å². The molecule has 0 aliphatic carbocycles. The summed E-state index contributed by atoms with van der Waals surface area (Å²) in [7, 11) is -3.78. The first kappa shape index (κ1) is 12.1. The molecule has 5 nitrogen and oxygen atoms in total. The van der Waals surface area contributed by atoms with E-state index >= 15 is 0 Å². The maximum atomic E-state index is 11.5. The van der Waals surface area contributed by atoms with E-state index in [0.29, 0.717) is 5.52 Å². The van der Waals surface area contributed by atoms with Crippen molar-refractivity contribution >= 4 is 15.5 Å². The van der Waals surface area contributed by atoms with Crippen LogP contribution < -0.4 is 5.14 Å². The van der Waals surface area contributed by atoms with Crippen molar-refractivity contribution in [2.24, 2.45) is 5.14 Å². The summed E-state index contributed by atoms with van der Waals surface area (Å²) in [5.74, 6) is 0.740. The predicted molar refractivity (Wildman–Crippen MR) is 65.3 cm³/mol. The monoisotopic (exact) mass is 253 g/mol. The molecule has 2 aromatic heterocycles. The lowest BCUT2D eigenvalue weighted by Gasteiger charge is -2.03. The molecule has 0 amide bonds. The summed E-state index contributed by atoms with van der Waals surface area (Å²) < 4.78 is 24.8. The number of sulfonamides is 1. The van der Waals surface area contributed by atoms with Gasteiger partial charge in [0.05, 0.1) is 5.52 Å². The van der Waals surface area contributed by atoms with E-state index in [0.717, 1.165) is 24.4 Å². The number of rotatable bonds is 3. The summed E-state index contributed by atoms with van der Waals surface area (Å²) >= 11 is 0. The van der Waals surface area contributed by atoms with Gasteiger partial charge < -0.3 is 0 Å². The van der Waals surface area contributed by atoms with E-state index in [2.05, 4.69) is 4.98 Å². The smallest absolute Gasteiger partial charge is 0.257 e. The molecule has 2 heterocycles. The predicted octanol–water partition coefficient (Wildman–Crippen LogP) is 1.24. The molecule has 0 bridgehead atoms. The fourth-order valence-corrected chi connectivity index (χ4v) is 2.64. The third kappa shape index (κ3) is 2.05. The standard InChI is InChI=1S/C11H15N3O2S/c1-3-5-10-13-11(17(12,15)16)9-7-4-6-8(2)14(9)10/h4,6-7H,3,5H2,1-2H3,(H2,12,15,16). The van der Waals surface area contributed by atoms with Crippen molar-refractivity contribution in [3.05, 3.63) is 29.7 Å². The van der Waals surface area contributed by atoms with Crippen LogP contribution in [-0.2, 0) is 16.4 Å². The molecular weight excluding hydrogens is 238 g/mol. The molecule has 0 fully saturated rings. The molecule has 0 saturated carbocycles. The van der Waals surface area contributed by atoms with Crippen LogP contribution in [0.2, 0.25) is 0 Å². The molecule has 6 heteroatoms. The van der Waals surface area contributed by atoms with Crippen molar-refractivity contribution in [3.63, 3.8) is 0 Å². The Morgan fingerprint density at radius 1 is 1.41 bits per heavy atom. The highest BCUT2D eigenvalue weighted by Gasteiger charge is 2.19. The van der Waals surface area contributed by atoms with Gasteiger partial charge in [0.15, 0.2) is 5.03 Å². The molecule has 2 rings (SSSR count). The zero-order chi connectivity index (χ0) is 12.6. The molecule has 0 spiro atoms. The van der Waals surface area contributed by atoms with Crippen LogP contribution in [0.1, 0.15) is 24.9 Å². The number of aryl methyl sites for hydroxylation is 2. The number of hydrogen-bond acceptors (Lipinski definition) is 3. The zero-order valence-corrected chi connectivity index (χ0v) is 10.7. The maximum absolute atomic E-state index is 11.5. The molecule has 0 aliphatic heterocycles. The molecule has 0 aromatic carbocycles. The third-order valence-corrected chi connectivity index (χ3v) is 3.48. The number of primary sulfonamides is 1. The normalized spacial score (nSPS) is 12.2. The molecule has 92 valence electrons. The highest BCUT2D eigenvalue weighted by atomic mass is 32.2. The largest absolute Gasteiger partial charge is 0.300 e. The highest BCUT2D eigenvalue weighted by Crippen LogP contribution is 2.19. The second kappa shape index (κ2) is 4.12. The van der Waals surface area contributed by atoms with Gasteiger partial charge >= 0.3 is 0 Å². The second-order valence-corrected chi connectivity index (χ2v) is 5.49. The number of aromatic nitrogens is 2. The van der Waals surface area contributed by atoms with Crippen LogP contribution in [0, 0.1) is 6.92 Å². The van der Waals surface area contributed by atoms with E-state index in [1.165, 1.54) is 0 Å². The fraction of sp³-hybridized carbons (Fsp3) is 0.364. The van der Waals surface area contributed by atoms with Gasteiger partial charge in [0.1, 0.15) is 5.82 Å². The summed E-state index contributed by atoms with van der Waals surface area (Å²) in [4.78, 5) is 4.16. The fourth-order valence-electron chi connectivity index (χ4n) is 1.95. The van der Waals surface area contributed by atoms with Gasteiger partial charge in [0.2, 0.25) is 0 Å². The summed E-state index contributed by atoms with van der Waals surface area (Å²) in [5, 5.41) is 5.14. The minimum Gasteiger partial charge on any atom is -0.300 e. The van der Waals surface area contributed by atoms with Gasteiger partial charge in [-0.2, -0.15) is 0 Å². The maximum Gasteiger partial charge on any atom is 0.257 e. The number of nitrogens with zero attached hydrogens (tertiary/aromatic N) is 2. The molecule has 2 aromatic rings. The molecule has 0 atom stereocenters. The Balaban J connectivity index is 2.85. The number of pyridine rings is 1. The van der Waals surface area contributed by atoms with Crippen LogP contribution in [0.25, 0.3) is 5.52 Å². The number of fused-ring (bicyclic) bond motifs is 1. The van der Waals surface area contributed by atoms with Crippen LogP contribution in [0.15, 0.2) is 23.2 Å². The van der Waals surface area contributed by atoms with Gasteiger partial charge in [-0.1, -0.05) is 13.0 Å². The summed E-state index contributed by atoms with van der Waals surface area (Å²) in [5.41, 5.74) is 1.50. The van der Waals surface area contributed by atoms with E-state index in [9.17, 15) is 8.42 Å². The number of hydrogen-bond donors (Lipinski definition) is 1. The van der Waals surface area contributed by atoms with Crippen molar-refractivity contribution < 1.29 is 8.42 Å². The van der Waals surface area contributed by atoms with Gasteiger partial charge in [-0.25, -0.2) is 18.5 Å². The Morgan fingerprint density at radius 2 is 2.12 bits per heavy atom. The highest BCUT2D eigenvalue weighted by molar-refractivity contribution is 7.89. The van der Waals surface area contributed by atoms with Gasteiger partial charge in [-0.15, -0.1) is 0 Å². The molecule has 2 N–H and O–H groups in total. The van der Waals surface area contributed by atoms with Crippen LogP contribution in [0.4, 0.5) is 0 Å². The van der Waals surface area contributed by atoms with Gasteiger partial charge in [0.25, 0.3) is 10.0 Å². The molecule has 17 heavy (non-hydrogen) atoms. The lowest BCUT2D eigenvalue weighted by atomic mass is 10.3. The Kier molecular flexibility index (Phi) is 2.92. The molecule has 0 radical (unpaired) electrons. The van der Waals surface area contributed by atoms with Crippen molar-refractivity contribution in [2.45, 2.75) is 31.7 Å². The minimum absolute atomic E-state index is 0.0374.